The molecule has 0 atom stereocenters. The number of carbonyl (C=O) groups excluding carboxylic acids is 1. The summed E-state index contributed by atoms with van der Waals surface area (Å²) in [7, 11) is 0. The first kappa shape index (κ1) is 20.9. The average Bonchev–Trinajstić information content (AvgIpc) is 3.07. The minimum absolute atomic E-state index is 0.0913. The first-order chi connectivity index (χ1) is 14.0. The fourth-order valence-electron chi connectivity index (χ4n) is 2.34. The number of amides is 1. The fourth-order valence-corrected chi connectivity index (χ4v) is 3.36. The van der Waals surface area contributed by atoms with E-state index in [1.807, 2.05) is 18.2 Å². The zero-order valence-electron chi connectivity index (χ0n) is 15.3. The van der Waals surface area contributed by atoms with Crippen LogP contribution in [0.15, 0.2) is 53.7 Å². The maximum absolute atomic E-state index is 12.9. The Morgan fingerprint density at radius 1 is 1.21 bits per heavy atom. The first-order valence-electron chi connectivity index (χ1n) is 8.73. The van der Waals surface area contributed by atoms with Gasteiger partial charge >= 0.3 is 0 Å². The number of hydrogen-bond donors (Lipinski definition) is 2. The lowest BCUT2D eigenvalue weighted by atomic mass is 10.2. The fraction of sp³-hybridized carbons (Fsp3) is 0.211. The molecule has 0 saturated heterocycles. The lowest BCUT2D eigenvalue weighted by Gasteiger charge is -2.07. The van der Waals surface area contributed by atoms with E-state index in [0.717, 1.165) is 5.56 Å². The van der Waals surface area contributed by atoms with Gasteiger partial charge in [-0.2, -0.15) is 0 Å². The Kier molecular flexibility index (Phi) is 7.31. The van der Waals surface area contributed by atoms with Crippen LogP contribution in [0.3, 0.4) is 0 Å². The van der Waals surface area contributed by atoms with Crippen LogP contribution in [0.4, 0.5) is 4.39 Å². The van der Waals surface area contributed by atoms with Crippen molar-refractivity contribution in [2.75, 3.05) is 11.6 Å². The number of benzene rings is 2. The van der Waals surface area contributed by atoms with Gasteiger partial charge in [0.1, 0.15) is 18.2 Å². The SMILES string of the molecule is Nn1c(COc2ccc(F)cc2)nnc1SCCC(=O)NCc1ccccc1Cl. The van der Waals surface area contributed by atoms with Gasteiger partial charge in [-0.1, -0.05) is 41.6 Å². The Bertz CT molecular complexity index is 967. The van der Waals surface area contributed by atoms with Crippen molar-refractivity contribution in [1.82, 2.24) is 20.2 Å². The van der Waals surface area contributed by atoms with E-state index in [0.29, 0.717) is 40.5 Å². The second-order valence-corrected chi connectivity index (χ2v) is 7.45. The molecule has 1 aromatic heterocycles. The molecule has 0 aliphatic carbocycles. The van der Waals surface area contributed by atoms with Gasteiger partial charge in [-0.3, -0.25) is 4.79 Å². The van der Waals surface area contributed by atoms with E-state index < -0.39 is 0 Å². The lowest BCUT2D eigenvalue weighted by Crippen LogP contribution is -2.23. The van der Waals surface area contributed by atoms with Crippen molar-refractivity contribution in [1.29, 1.82) is 0 Å². The van der Waals surface area contributed by atoms with E-state index in [-0.39, 0.29) is 18.3 Å². The molecule has 2 aromatic carbocycles. The molecule has 0 aliphatic rings. The molecule has 29 heavy (non-hydrogen) atoms. The third-order valence-corrected chi connectivity index (χ3v) is 5.22. The summed E-state index contributed by atoms with van der Waals surface area (Å²) in [6, 6.07) is 13.0. The molecule has 1 heterocycles. The van der Waals surface area contributed by atoms with Crippen LogP contribution in [0.1, 0.15) is 17.8 Å². The van der Waals surface area contributed by atoms with Gasteiger partial charge < -0.3 is 15.9 Å². The van der Waals surface area contributed by atoms with Gasteiger partial charge in [0.05, 0.1) is 0 Å². The average molecular weight is 436 g/mol. The van der Waals surface area contributed by atoms with Crippen molar-refractivity contribution in [3.8, 4) is 5.75 Å². The molecule has 3 N–H and O–H groups in total. The maximum Gasteiger partial charge on any atom is 0.221 e. The van der Waals surface area contributed by atoms with E-state index in [1.54, 1.807) is 6.07 Å². The molecular formula is C19H19ClFN5O2S. The van der Waals surface area contributed by atoms with Crippen LogP contribution in [0.25, 0.3) is 0 Å². The standard InChI is InChI=1S/C19H19ClFN5O2S/c20-16-4-2-1-3-13(16)11-23-18(27)9-10-29-19-25-24-17(26(19)22)12-28-15-7-5-14(21)6-8-15/h1-8H,9-12,22H2,(H,23,27). The second kappa shape index (κ2) is 10.1. The van der Waals surface area contributed by atoms with Crippen molar-refractivity contribution < 1.29 is 13.9 Å². The molecule has 0 spiro atoms. The Morgan fingerprint density at radius 2 is 1.97 bits per heavy atom. The number of thioether (sulfide) groups is 1. The van der Waals surface area contributed by atoms with Crippen molar-refractivity contribution in [2.45, 2.75) is 24.7 Å². The van der Waals surface area contributed by atoms with Crippen LogP contribution >= 0.6 is 23.4 Å². The lowest BCUT2D eigenvalue weighted by molar-refractivity contribution is -0.120. The molecule has 0 radical (unpaired) electrons. The molecular weight excluding hydrogens is 417 g/mol. The monoisotopic (exact) mass is 435 g/mol. The Balaban J connectivity index is 1.42. The number of nitrogen functional groups attached to an aromatic ring is 1. The largest absolute Gasteiger partial charge is 0.486 e. The number of halogens is 2. The van der Waals surface area contributed by atoms with Crippen molar-refractivity contribution in [3.63, 3.8) is 0 Å². The highest BCUT2D eigenvalue weighted by Gasteiger charge is 2.12. The second-order valence-electron chi connectivity index (χ2n) is 5.98. The number of aromatic nitrogens is 3. The van der Waals surface area contributed by atoms with Crippen LogP contribution in [-0.2, 0) is 17.9 Å². The van der Waals surface area contributed by atoms with Gasteiger partial charge in [0.15, 0.2) is 5.82 Å². The zero-order valence-corrected chi connectivity index (χ0v) is 16.9. The summed E-state index contributed by atoms with van der Waals surface area (Å²) in [6.45, 7) is 0.467. The van der Waals surface area contributed by atoms with Gasteiger partial charge in [-0.25, -0.2) is 9.07 Å². The van der Waals surface area contributed by atoms with Crippen molar-refractivity contribution >= 4 is 29.3 Å². The van der Waals surface area contributed by atoms with Gasteiger partial charge in [0, 0.05) is 23.7 Å². The third-order valence-electron chi connectivity index (χ3n) is 3.91. The minimum Gasteiger partial charge on any atom is -0.486 e. The number of hydrogen-bond acceptors (Lipinski definition) is 6. The zero-order chi connectivity index (χ0) is 20.6. The summed E-state index contributed by atoms with van der Waals surface area (Å²) in [5.74, 6) is 6.94. The van der Waals surface area contributed by atoms with Crippen molar-refractivity contribution in [2.24, 2.45) is 0 Å². The van der Waals surface area contributed by atoms with Gasteiger partial charge in [-0.05, 0) is 35.9 Å². The number of ether oxygens (including phenoxy) is 1. The molecule has 0 saturated carbocycles. The number of nitrogens with one attached hydrogen (secondary N) is 1. The van der Waals surface area contributed by atoms with E-state index in [9.17, 15) is 9.18 Å². The van der Waals surface area contributed by atoms with E-state index in [2.05, 4.69) is 15.5 Å². The van der Waals surface area contributed by atoms with Gasteiger partial charge in [0.25, 0.3) is 0 Å². The van der Waals surface area contributed by atoms with E-state index in [1.165, 1.54) is 40.7 Å². The normalized spacial score (nSPS) is 10.7. The van der Waals surface area contributed by atoms with Crippen LogP contribution < -0.4 is 15.9 Å². The first-order valence-corrected chi connectivity index (χ1v) is 10.1. The molecule has 152 valence electrons. The summed E-state index contributed by atoms with van der Waals surface area (Å²) in [5.41, 5.74) is 0.864. The van der Waals surface area contributed by atoms with Gasteiger partial charge in [0.2, 0.25) is 11.1 Å². The summed E-state index contributed by atoms with van der Waals surface area (Å²) in [5, 5.41) is 11.9. The van der Waals surface area contributed by atoms with Crippen LogP contribution in [0.2, 0.25) is 5.02 Å². The molecule has 0 fully saturated rings. The Labute approximate surface area is 176 Å². The molecule has 0 unspecified atom stereocenters. The van der Waals surface area contributed by atoms with Crippen LogP contribution in [-0.4, -0.2) is 26.5 Å². The van der Waals surface area contributed by atoms with Crippen LogP contribution in [0.5, 0.6) is 5.75 Å². The minimum atomic E-state index is -0.339. The quantitative estimate of drug-likeness (QED) is 0.396. The summed E-state index contributed by atoms with van der Waals surface area (Å²) in [4.78, 5) is 12.0. The van der Waals surface area contributed by atoms with Crippen LogP contribution in [0, 0.1) is 5.82 Å². The van der Waals surface area contributed by atoms with E-state index >= 15 is 0 Å². The molecule has 3 rings (SSSR count). The number of carbonyl (C=O) groups is 1. The predicted molar refractivity (Wildman–Crippen MR) is 110 cm³/mol. The summed E-state index contributed by atoms with van der Waals surface area (Å²) in [6.07, 6.45) is 0.295. The molecule has 1 amide bonds. The molecule has 3 aromatic rings. The Hall–Kier alpha value is -2.78. The van der Waals surface area contributed by atoms with Crippen molar-refractivity contribution in [3.05, 3.63) is 70.8 Å². The molecule has 0 bridgehead atoms. The number of nitrogens with two attached hydrogens (primary N) is 1. The highest BCUT2D eigenvalue weighted by Crippen LogP contribution is 2.18. The Morgan fingerprint density at radius 3 is 2.72 bits per heavy atom. The summed E-state index contributed by atoms with van der Waals surface area (Å²) >= 11 is 7.39. The van der Waals surface area contributed by atoms with Gasteiger partial charge in [-0.15, -0.1) is 10.2 Å². The highest BCUT2D eigenvalue weighted by atomic mass is 35.5. The molecule has 0 aliphatic heterocycles. The summed E-state index contributed by atoms with van der Waals surface area (Å²) < 4.78 is 19.7. The third kappa shape index (κ3) is 6.10. The molecule has 10 heteroatoms. The van der Waals surface area contributed by atoms with E-state index in [4.69, 9.17) is 22.2 Å². The smallest absolute Gasteiger partial charge is 0.221 e. The predicted octanol–water partition coefficient (Wildman–Crippen LogP) is 3.16. The number of nitrogens with zero attached hydrogens (tertiary/aromatic N) is 3. The number of rotatable bonds is 9. The maximum atomic E-state index is 12.9. The topological polar surface area (TPSA) is 95.1 Å². The highest BCUT2D eigenvalue weighted by molar-refractivity contribution is 7.99. The molecule has 7 nitrogen and oxygen atoms in total.